The van der Waals surface area contributed by atoms with E-state index in [2.05, 4.69) is 46.0 Å². The average Bonchev–Trinajstić information content (AvgIpc) is 2.82. The Morgan fingerprint density at radius 1 is 1.35 bits per heavy atom. The predicted octanol–water partition coefficient (Wildman–Crippen LogP) is 3.58. The summed E-state index contributed by atoms with van der Waals surface area (Å²) < 4.78 is 0. The van der Waals surface area contributed by atoms with Crippen molar-refractivity contribution >= 4 is 28.9 Å². The molecule has 0 atom stereocenters. The first kappa shape index (κ1) is 12.3. The summed E-state index contributed by atoms with van der Waals surface area (Å²) in [5.41, 5.74) is 1.38. The van der Waals surface area contributed by atoms with E-state index in [0.717, 1.165) is 6.54 Å². The summed E-state index contributed by atoms with van der Waals surface area (Å²) in [6.45, 7) is 5.17. The molecular formula is C12H14ClN3S. The van der Waals surface area contributed by atoms with E-state index in [-0.39, 0.29) is 5.41 Å². The van der Waals surface area contributed by atoms with Crippen LogP contribution in [-0.2, 0) is 5.41 Å². The largest absolute Gasteiger partial charge is 0.353 e. The van der Waals surface area contributed by atoms with Gasteiger partial charge in [-0.15, -0.1) is 0 Å². The first-order valence-electron chi connectivity index (χ1n) is 5.32. The molecule has 1 N–H and O–H groups in total. The van der Waals surface area contributed by atoms with E-state index >= 15 is 0 Å². The molecule has 0 saturated carbocycles. The van der Waals surface area contributed by atoms with Crippen molar-refractivity contribution < 1.29 is 0 Å². The number of hydrogen-bond donors (Lipinski definition) is 1. The molecule has 0 aliphatic carbocycles. The molecule has 0 spiro atoms. The highest BCUT2D eigenvalue weighted by Crippen LogP contribution is 2.25. The van der Waals surface area contributed by atoms with Gasteiger partial charge >= 0.3 is 0 Å². The predicted molar refractivity (Wildman–Crippen MR) is 72.9 cm³/mol. The second-order valence-corrected chi connectivity index (χ2v) is 5.69. The maximum absolute atomic E-state index is 5.73. The van der Waals surface area contributed by atoms with Crippen molar-refractivity contribution in [2.24, 2.45) is 0 Å². The zero-order chi connectivity index (χ0) is 12.3. The average molecular weight is 268 g/mol. The van der Waals surface area contributed by atoms with Crippen LogP contribution in [0.4, 0.5) is 5.95 Å². The summed E-state index contributed by atoms with van der Waals surface area (Å²) in [4.78, 5) is 8.22. The summed E-state index contributed by atoms with van der Waals surface area (Å²) in [7, 11) is 0. The molecule has 0 aromatic carbocycles. The maximum atomic E-state index is 5.73. The van der Waals surface area contributed by atoms with Crippen molar-refractivity contribution in [2.75, 3.05) is 11.9 Å². The monoisotopic (exact) mass is 267 g/mol. The highest BCUT2D eigenvalue weighted by atomic mass is 35.5. The van der Waals surface area contributed by atoms with E-state index < -0.39 is 0 Å². The van der Waals surface area contributed by atoms with Crippen LogP contribution in [0.2, 0.25) is 5.02 Å². The molecule has 17 heavy (non-hydrogen) atoms. The molecule has 5 heteroatoms. The molecule has 2 rings (SSSR count). The van der Waals surface area contributed by atoms with E-state index in [1.165, 1.54) is 5.56 Å². The fraction of sp³-hybridized carbons (Fsp3) is 0.333. The van der Waals surface area contributed by atoms with Gasteiger partial charge in [0.25, 0.3) is 0 Å². The third kappa shape index (κ3) is 3.17. The smallest absolute Gasteiger partial charge is 0.222 e. The van der Waals surface area contributed by atoms with Gasteiger partial charge in [-0.25, -0.2) is 9.97 Å². The summed E-state index contributed by atoms with van der Waals surface area (Å²) in [6, 6.07) is 2.15. The zero-order valence-corrected chi connectivity index (χ0v) is 11.3. The highest BCUT2D eigenvalue weighted by Gasteiger charge is 2.20. The third-order valence-corrected chi connectivity index (χ3v) is 3.49. The first-order chi connectivity index (χ1) is 8.08. The van der Waals surface area contributed by atoms with Gasteiger partial charge in [-0.05, 0) is 22.4 Å². The standard InChI is InChI=1S/C12H14ClN3S/c1-12(2,9-3-4-17-7-9)8-16-11-14-5-10(13)6-15-11/h3-7H,8H2,1-2H3,(H,14,15,16). The van der Waals surface area contributed by atoms with Gasteiger partial charge in [0, 0.05) is 12.0 Å². The molecular weight excluding hydrogens is 254 g/mol. The Balaban J connectivity index is 2.00. The second kappa shape index (κ2) is 5.02. The van der Waals surface area contributed by atoms with Gasteiger partial charge in [-0.3, -0.25) is 0 Å². The lowest BCUT2D eigenvalue weighted by atomic mass is 9.87. The Labute approximate surface area is 110 Å². The van der Waals surface area contributed by atoms with Crippen molar-refractivity contribution in [3.63, 3.8) is 0 Å². The van der Waals surface area contributed by atoms with Gasteiger partial charge in [0.2, 0.25) is 5.95 Å². The summed E-state index contributed by atoms with van der Waals surface area (Å²) in [5, 5.41) is 8.04. The minimum absolute atomic E-state index is 0.0585. The summed E-state index contributed by atoms with van der Waals surface area (Å²) >= 11 is 7.45. The van der Waals surface area contributed by atoms with Crippen molar-refractivity contribution in [3.8, 4) is 0 Å². The molecule has 0 unspecified atom stereocenters. The minimum atomic E-state index is 0.0585. The van der Waals surface area contributed by atoms with Crippen LogP contribution in [-0.4, -0.2) is 16.5 Å². The number of halogens is 1. The Morgan fingerprint density at radius 3 is 2.65 bits per heavy atom. The summed E-state index contributed by atoms with van der Waals surface area (Å²) in [6.07, 6.45) is 3.18. The molecule has 0 radical (unpaired) electrons. The van der Waals surface area contributed by atoms with Gasteiger partial charge in [-0.2, -0.15) is 11.3 Å². The van der Waals surface area contributed by atoms with Gasteiger partial charge in [0.05, 0.1) is 17.4 Å². The SMILES string of the molecule is CC(C)(CNc1ncc(Cl)cn1)c1ccsc1. The zero-order valence-electron chi connectivity index (χ0n) is 9.77. The maximum Gasteiger partial charge on any atom is 0.222 e. The molecule has 0 amide bonds. The van der Waals surface area contributed by atoms with E-state index in [0.29, 0.717) is 11.0 Å². The van der Waals surface area contributed by atoms with Crippen LogP contribution < -0.4 is 5.32 Å². The van der Waals surface area contributed by atoms with Gasteiger partial charge in [0.15, 0.2) is 0 Å². The highest BCUT2D eigenvalue weighted by molar-refractivity contribution is 7.08. The normalized spacial score (nSPS) is 11.5. The molecule has 2 aromatic rings. The molecule has 2 heterocycles. The molecule has 90 valence electrons. The minimum Gasteiger partial charge on any atom is -0.353 e. The summed E-state index contributed by atoms with van der Waals surface area (Å²) in [5.74, 6) is 0.609. The van der Waals surface area contributed by atoms with Gasteiger partial charge < -0.3 is 5.32 Å². The van der Waals surface area contributed by atoms with Crippen molar-refractivity contribution in [2.45, 2.75) is 19.3 Å². The van der Waals surface area contributed by atoms with Crippen LogP contribution in [0.1, 0.15) is 19.4 Å². The van der Waals surface area contributed by atoms with E-state index in [1.54, 1.807) is 23.7 Å². The lowest BCUT2D eigenvalue weighted by molar-refractivity contribution is 0.557. The van der Waals surface area contributed by atoms with Crippen molar-refractivity contribution in [3.05, 3.63) is 39.8 Å². The van der Waals surface area contributed by atoms with Crippen LogP contribution in [0.15, 0.2) is 29.2 Å². The van der Waals surface area contributed by atoms with Gasteiger partial charge in [0.1, 0.15) is 0 Å². The molecule has 0 aliphatic rings. The Bertz CT molecular complexity index is 465. The molecule has 2 aromatic heterocycles. The van der Waals surface area contributed by atoms with Crippen LogP contribution in [0.25, 0.3) is 0 Å². The molecule has 0 aliphatic heterocycles. The van der Waals surface area contributed by atoms with E-state index in [1.807, 2.05) is 0 Å². The lowest BCUT2D eigenvalue weighted by Gasteiger charge is -2.24. The second-order valence-electron chi connectivity index (χ2n) is 4.47. The first-order valence-corrected chi connectivity index (χ1v) is 6.64. The van der Waals surface area contributed by atoms with Gasteiger partial charge in [-0.1, -0.05) is 25.4 Å². The number of anilines is 1. The molecule has 0 fully saturated rings. The fourth-order valence-corrected chi connectivity index (χ4v) is 2.40. The van der Waals surface area contributed by atoms with Crippen LogP contribution in [0.3, 0.4) is 0 Å². The van der Waals surface area contributed by atoms with Crippen LogP contribution in [0.5, 0.6) is 0 Å². The fourth-order valence-electron chi connectivity index (χ4n) is 1.46. The van der Waals surface area contributed by atoms with Crippen LogP contribution >= 0.6 is 22.9 Å². The Hall–Kier alpha value is -1.13. The number of nitrogens with one attached hydrogen (secondary N) is 1. The third-order valence-electron chi connectivity index (χ3n) is 2.61. The Morgan fingerprint density at radius 2 is 2.06 bits per heavy atom. The molecule has 3 nitrogen and oxygen atoms in total. The number of aromatic nitrogens is 2. The quantitative estimate of drug-likeness (QED) is 0.920. The number of hydrogen-bond acceptors (Lipinski definition) is 4. The lowest BCUT2D eigenvalue weighted by Crippen LogP contribution is -2.27. The number of nitrogens with zero attached hydrogens (tertiary/aromatic N) is 2. The molecule has 0 bridgehead atoms. The van der Waals surface area contributed by atoms with E-state index in [9.17, 15) is 0 Å². The number of rotatable bonds is 4. The van der Waals surface area contributed by atoms with Crippen molar-refractivity contribution in [1.29, 1.82) is 0 Å². The van der Waals surface area contributed by atoms with Crippen LogP contribution in [0, 0.1) is 0 Å². The number of thiophene rings is 1. The topological polar surface area (TPSA) is 37.8 Å². The van der Waals surface area contributed by atoms with E-state index in [4.69, 9.17) is 11.6 Å². The molecule has 0 saturated heterocycles. The Kier molecular flexibility index (Phi) is 3.64. The van der Waals surface area contributed by atoms with Crippen molar-refractivity contribution in [1.82, 2.24) is 9.97 Å².